The summed E-state index contributed by atoms with van der Waals surface area (Å²) in [5.41, 5.74) is -0.453. The maximum atomic E-state index is 14.0. The Morgan fingerprint density at radius 3 is 1.78 bits per heavy atom. The number of carbonyl (C=O) groups excluding carboxylic acids is 2. The van der Waals surface area contributed by atoms with Crippen molar-refractivity contribution in [3.63, 3.8) is 0 Å². The van der Waals surface area contributed by atoms with Crippen molar-refractivity contribution < 1.29 is 18.4 Å². The van der Waals surface area contributed by atoms with Gasteiger partial charge in [-0.25, -0.2) is 8.78 Å². The molecule has 1 unspecified atom stereocenters. The third-order valence-electron chi connectivity index (χ3n) is 3.43. The van der Waals surface area contributed by atoms with Gasteiger partial charge < -0.3 is 10.6 Å². The van der Waals surface area contributed by atoms with E-state index in [1.54, 1.807) is 0 Å². The monoisotopic (exact) mass is 326 g/mol. The van der Waals surface area contributed by atoms with E-state index in [-0.39, 0.29) is 47.9 Å². The zero-order valence-corrected chi connectivity index (χ0v) is 14.0. The van der Waals surface area contributed by atoms with Crippen LogP contribution in [0.15, 0.2) is 12.1 Å². The lowest BCUT2D eigenvalue weighted by molar-refractivity contribution is -0.117. The van der Waals surface area contributed by atoms with Crippen LogP contribution in [-0.2, 0) is 9.59 Å². The van der Waals surface area contributed by atoms with Crippen LogP contribution in [0.5, 0.6) is 0 Å². The molecule has 4 nitrogen and oxygen atoms in total. The second-order valence-electron chi connectivity index (χ2n) is 6.22. The van der Waals surface area contributed by atoms with Gasteiger partial charge in [-0.05, 0) is 11.8 Å². The second kappa shape index (κ2) is 8.60. The zero-order chi connectivity index (χ0) is 17.6. The van der Waals surface area contributed by atoms with E-state index in [1.165, 1.54) is 0 Å². The summed E-state index contributed by atoms with van der Waals surface area (Å²) >= 11 is 0. The Kier molecular flexibility index (Phi) is 7.13. The Balaban J connectivity index is 2.80. The molecule has 0 aliphatic rings. The fraction of sp³-hybridized carbons (Fsp3) is 0.529. The molecular weight excluding hydrogens is 302 g/mol. The predicted octanol–water partition coefficient (Wildman–Crippen LogP) is 4.32. The molecule has 0 aliphatic carbocycles. The molecule has 0 spiro atoms. The van der Waals surface area contributed by atoms with Crippen molar-refractivity contribution >= 4 is 23.2 Å². The highest BCUT2D eigenvalue weighted by molar-refractivity contribution is 5.93. The molecule has 0 fully saturated rings. The molecule has 1 rings (SSSR count). The molecule has 6 heteroatoms. The van der Waals surface area contributed by atoms with Crippen molar-refractivity contribution in [1.29, 1.82) is 0 Å². The summed E-state index contributed by atoms with van der Waals surface area (Å²) in [5, 5.41) is 4.70. The molecule has 0 radical (unpaired) electrons. The fourth-order valence-electron chi connectivity index (χ4n) is 1.97. The van der Waals surface area contributed by atoms with E-state index < -0.39 is 11.6 Å². The van der Waals surface area contributed by atoms with Gasteiger partial charge in [-0.15, -0.1) is 0 Å². The first-order valence-electron chi connectivity index (χ1n) is 7.81. The summed E-state index contributed by atoms with van der Waals surface area (Å²) in [6.07, 6.45) is 1.28. The Morgan fingerprint density at radius 1 is 0.957 bits per heavy atom. The largest absolute Gasteiger partial charge is 0.324 e. The number of carbonyl (C=O) groups is 2. The maximum absolute atomic E-state index is 14.0. The van der Waals surface area contributed by atoms with Crippen LogP contribution in [0.4, 0.5) is 20.2 Å². The number of halogens is 2. The van der Waals surface area contributed by atoms with Gasteiger partial charge in [0, 0.05) is 25.0 Å². The van der Waals surface area contributed by atoms with Crippen LogP contribution >= 0.6 is 0 Å². The van der Waals surface area contributed by atoms with Crippen LogP contribution in [0.2, 0.25) is 0 Å². The van der Waals surface area contributed by atoms with Crippen molar-refractivity contribution in [2.24, 2.45) is 11.8 Å². The van der Waals surface area contributed by atoms with Crippen LogP contribution in [0.25, 0.3) is 0 Å². The number of nitrogens with one attached hydrogen (secondary N) is 2. The van der Waals surface area contributed by atoms with Crippen molar-refractivity contribution in [2.45, 2.75) is 47.0 Å². The number of benzene rings is 1. The average molecular weight is 326 g/mol. The van der Waals surface area contributed by atoms with Gasteiger partial charge in [0.1, 0.15) is 11.6 Å². The predicted molar refractivity (Wildman–Crippen MR) is 87.1 cm³/mol. The standard InChI is InChI=1S/C17H24F2N2O2/c1-5-11(4)7-17(23)21-15-9-12(18)14(8-13(15)19)20-16(22)6-10(2)3/h8-11H,5-7H2,1-4H3,(H,20,22)(H,21,23). The first-order chi connectivity index (χ1) is 10.7. The summed E-state index contributed by atoms with van der Waals surface area (Å²) in [4.78, 5) is 23.4. The highest BCUT2D eigenvalue weighted by atomic mass is 19.1. The van der Waals surface area contributed by atoms with Gasteiger partial charge in [-0.3, -0.25) is 9.59 Å². The topological polar surface area (TPSA) is 58.2 Å². The Labute approximate surface area is 135 Å². The minimum Gasteiger partial charge on any atom is -0.324 e. The number of hydrogen-bond donors (Lipinski definition) is 2. The summed E-state index contributed by atoms with van der Waals surface area (Å²) < 4.78 is 28.0. The van der Waals surface area contributed by atoms with Gasteiger partial charge in [-0.2, -0.15) is 0 Å². The van der Waals surface area contributed by atoms with Crippen molar-refractivity contribution in [3.8, 4) is 0 Å². The van der Waals surface area contributed by atoms with E-state index >= 15 is 0 Å². The lowest BCUT2D eigenvalue weighted by Gasteiger charge is -2.12. The van der Waals surface area contributed by atoms with E-state index in [0.29, 0.717) is 0 Å². The summed E-state index contributed by atoms with van der Waals surface area (Å²) in [6.45, 7) is 7.57. The SMILES string of the molecule is CCC(C)CC(=O)Nc1cc(F)c(NC(=O)CC(C)C)cc1F. The molecule has 1 atom stereocenters. The fourth-order valence-corrected chi connectivity index (χ4v) is 1.97. The van der Waals surface area contributed by atoms with E-state index in [2.05, 4.69) is 10.6 Å². The summed E-state index contributed by atoms with van der Waals surface area (Å²) in [6, 6.07) is 1.77. The average Bonchev–Trinajstić information content (AvgIpc) is 2.43. The van der Waals surface area contributed by atoms with E-state index in [4.69, 9.17) is 0 Å². The minimum absolute atomic E-state index is 0.113. The third-order valence-corrected chi connectivity index (χ3v) is 3.43. The van der Waals surface area contributed by atoms with Crippen molar-refractivity contribution in [3.05, 3.63) is 23.8 Å². The summed E-state index contributed by atoms with van der Waals surface area (Å²) in [5.74, 6) is -2.05. The summed E-state index contributed by atoms with van der Waals surface area (Å²) in [7, 11) is 0. The van der Waals surface area contributed by atoms with Crippen molar-refractivity contribution in [2.75, 3.05) is 10.6 Å². The molecule has 128 valence electrons. The molecule has 2 N–H and O–H groups in total. The zero-order valence-electron chi connectivity index (χ0n) is 14.0. The first-order valence-corrected chi connectivity index (χ1v) is 7.81. The number of hydrogen-bond acceptors (Lipinski definition) is 2. The molecule has 0 aliphatic heterocycles. The van der Waals surface area contributed by atoms with E-state index in [0.717, 1.165) is 18.6 Å². The molecule has 1 aromatic rings. The second-order valence-corrected chi connectivity index (χ2v) is 6.22. The van der Waals surface area contributed by atoms with Crippen LogP contribution in [0.1, 0.15) is 47.0 Å². The maximum Gasteiger partial charge on any atom is 0.224 e. The molecule has 23 heavy (non-hydrogen) atoms. The third kappa shape index (κ3) is 6.34. The Morgan fingerprint density at radius 2 is 1.39 bits per heavy atom. The number of anilines is 2. The molecule has 2 amide bonds. The first kappa shape index (κ1) is 19.1. The smallest absolute Gasteiger partial charge is 0.224 e. The van der Waals surface area contributed by atoms with Crippen LogP contribution in [-0.4, -0.2) is 11.8 Å². The van der Waals surface area contributed by atoms with Crippen LogP contribution < -0.4 is 10.6 Å². The van der Waals surface area contributed by atoms with Gasteiger partial charge in [0.15, 0.2) is 0 Å². The Hall–Kier alpha value is -1.98. The quantitative estimate of drug-likeness (QED) is 0.784. The highest BCUT2D eigenvalue weighted by Gasteiger charge is 2.15. The lowest BCUT2D eigenvalue weighted by Crippen LogP contribution is -2.17. The van der Waals surface area contributed by atoms with Crippen LogP contribution in [0, 0.1) is 23.5 Å². The normalized spacial score (nSPS) is 12.1. The molecule has 0 aromatic heterocycles. The van der Waals surface area contributed by atoms with Gasteiger partial charge in [0.05, 0.1) is 11.4 Å². The van der Waals surface area contributed by atoms with Gasteiger partial charge in [0.2, 0.25) is 11.8 Å². The molecule has 0 heterocycles. The van der Waals surface area contributed by atoms with Gasteiger partial charge in [0.25, 0.3) is 0 Å². The number of amides is 2. The van der Waals surface area contributed by atoms with E-state index in [9.17, 15) is 18.4 Å². The van der Waals surface area contributed by atoms with Gasteiger partial charge in [-0.1, -0.05) is 34.1 Å². The van der Waals surface area contributed by atoms with Crippen molar-refractivity contribution in [1.82, 2.24) is 0 Å². The van der Waals surface area contributed by atoms with E-state index in [1.807, 2.05) is 27.7 Å². The Bertz CT molecular complexity index is 574. The molecule has 0 bridgehead atoms. The molecule has 0 saturated carbocycles. The van der Waals surface area contributed by atoms with Crippen LogP contribution in [0.3, 0.4) is 0 Å². The molecular formula is C17H24F2N2O2. The van der Waals surface area contributed by atoms with Gasteiger partial charge >= 0.3 is 0 Å². The number of rotatable bonds is 7. The lowest BCUT2D eigenvalue weighted by atomic mass is 10.0. The minimum atomic E-state index is -0.789. The molecule has 0 saturated heterocycles. The molecule has 1 aromatic carbocycles. The highest BCUT2D eigenvalue weighted by Crippen LogP contribution is 2.24.